The van der Waals surface area contributed by atoms with Gasteiger partial charge in [0, 0.05) is 64.0 Å². The largest absolute Gasteiger partial charge is 0.503 e. The van der Waals surface area contributed by atoms with Gasteiger partial charge in [0.15, 0.2) is 23.2 Å². The summed E-state index contributed by atoms with van der Waals surface area (Å²) >= 11 is 0. The van der Waals surface area contributed by atoms with E-state index in [1.807, 2.05) is 18.2 Å². The molecule has 0 radical (unpaired) electrons. The summed E-state index contributed by atoms with van der Waals surface area (Å²) in [6.45, 7) is 4.38. The second kappa shape index (κ2) is 18.7. The first kappa shape index (κ1) is 47.6. The summed E-state index contributed by atoms with van der Waals surface area (Å²) < 4.78 is 82.4. The van der Waals surface area contributed by atoms with E-state index in [9.17, 15) is 50.6 Å². The number of rotatable bonds is 11. The minimum atomic E-state index is -5.08. The Balaban J connectivity index is 0.000000830. The van der Waals surface area contributed by atoms with Crippen LogP contribution in [0, 0.1) is 22.9 Å². The van der Waals surface area contributed by atoms with Crippen molar-refractivity contribution < 1.29 is 60.3 Å². The molecule has 2 aromatic carbocycles. The highest BCUT2D eigenvalue weighted by Gasteiger charge is 2.52. The summed E-state index contributed by atoms with van der Waals surface area (Å²) in [6.07, 6.45) is 5.05. The van der Waals surface area contributed by atoms with E-state index in [-0.39, 0.29) is 35.4 Å². The fraction of sp³-hybridized carbons (Fsp3) is 0.477. The molecule has 5 fully saturated rings. The summed E-state index contributed by atoms with van der Waals surface area (Å²) in [4.78, 5) is 77.5. The molecule has 0 unspecified atom stereocenters. The van der Waals surface area contributed by atoms with E-state index in [2.05, 4.69) is 35.6 Å². The monoisotopic (exact) mass is 956 g/mol. The van der Waals surface area contributed by atoms with Gasteiger partial charge < -0.3 is 25.0 Å². The zero-order valence-electron chi connectivity index (χ0n) is 36.5. The van der Waals surface area contributed by atoms with Gasteiger partial charge in [0.25, 0.3) is 11.8 Å². The van der Waals surface area contributed by atoms with Crippen molar-refractivity contribution in [3.8, 4) is 17.2 Å². The molecule has 24 heteroatoms. The van der Waals surface area contributed by atoms with E-state index < -0.39 is 58.8 Å². The zero-order chi connectivity index (χ0) is 48.7. The number of carboxylic acids is 1. The number of carbonyl (C=O) groups excluding carboxylic acids is 3. The summed E-state index contributed by atoms with van der Waals surface area (Å²) in [5.74, 6) is -9.14. The van der Waals surface area contributed by atoms with Crippen LogP contribution in [0.2, 0.25) is 0 Å². The van der Waals surface area contributed by atoms with Crippen LogP contribution in [0.3, 0.4) is 0 Å². The molecule has 3 amide bonds. The van der Waals surface area contributed by atoms with Crippen LogP contribution in [-0.2, 0) is 33.3 Å². The highest BCUT2D eigenvalue weighted by atomic mass is 19.4. The van der Waals surface area contributed by atoms with Crippen molar-refractivity contribution in [1.29, 1.82) is 0 Å². The standard InChI is InChI=1S/C42H45F3N10O6.C2HF3O2/c1-52-30-19-24(4-5-28(30)55(40(52)60)29-6-7-31(56)49-36(29)59)3-2-14-53-15-17-54(18-16-53)39-46-21-25(22-47-39)37-50-38(51-61-37)42-11-8-41(9-12-42,10-13-42)23-48-35(58)26-20-27(43)34(57)33(45)32(26)44;3-2(4,5)1(6)7/h4-5,19-22,29,57H,2-3,6-18,23H2,1H3,(H,48,58)(H,49,56,59);(H,6,7)/t29-,41?,42?;/m1./s1. The van der Waals surface area contributed by atoms with Crippen LogP contribution in [0.25, 0.3) is 22.5 Å². The van der Waals surface area contributed by atoms with Crippen molar-refractivity contribution >= 4 is 40.7 Å². The highest BCUT2D eigenvalue weighted by Crippen LogP contribution is 2.57. The molecule has 10 rings (SSSR count). The molecule has 3 aliphatic carbocycles. The van der Waals surface area contributed by atoms with Crippen molar-refractivity contribution in [2.24, 2.45) is 12.5 Å². The molecule has 5 aromatic rings. The van der Waals surface area contributed by atoms with Gasteiger partial charge in [-0.3, -0.25) is 33.7 Å². The van der Waals surface area contributed by atoms with Gasteiger partial charge in [0.2, 0.25) is 23.6 Å². The summed E-state index contributed by atoms with van der Waals surface area (Å²) in [7, 11) is 1.70. The van der Waals surface area contributed by atoms with Gasteiger partial charge in [0.1, 0.15) is 6.04 Å². The predicted molar refractivity (Wildman–Crippen MR) is 227 cm³/mol. The van der Waals surface area contributed by atoms with Gasteiger partial charge >= 0.3 is 17.8 Å². The molecule has 2 bridgehead atoms. The number of hydrogen-bond donors (Lipinski definition) is 4. The number of hydrogen-bond acceptors (Lipinski definition) is 13. The summed E-state index contributed by atoms with van der Waals surface area (Å²) in [5, 5.41) is 25.8. The predicted octanol–water partition coefficient (Wildman–Crippen LogP) is 4.69. The number of phenolic OH excluding ortho intramolecular Hbond substituents is 1. The third-order valence-electron chi connectivity index (χ3n) is 13.7. The third kappa shape index (κ3) is 9.49. The Labute approximate surface area is 382 Å². The number of piperazine rings is 1. The number of phenols is 1. The lowest BCUT2D eigenvalue weighted by Gasteiger charge is -2.52. The van der Waals surface area contributed by atoms with Crippen LogP contribution in [-0.4, -0.2) is 113 Å². The maximum absolute atomic E-state index is 14.3. The molecule has 362 valence electrons. The number of halogens is 6. The lowest BCUT2D eigenvalue weighted by molar-refractivity contribution is -0.192. The molecule has 5 heterocycles. The van der Waals surface area contributed by atoms with Gasteiger partial charge in [-0.1, -0.05) is 11.2 Å². The molecule has 5 aliphatic rings. The van der Waals surface area contributed by atoms with E-state index in [1.165, 1.54) is 4.57 Å². The Hall–Kier alpha value is -6.85. The van der Waals surface area contributed by atoms with E-state index in [4.69, 9.17) is 19.4 Å². The van der Waals surface area contributed by atoms with Gasteiger partial charge in [-0.05, 0) is 93.5 Å². The molecule has 3 saturated carbocycles. The third-order valence-corrected chi connectivity index (χ3v) is 13.7. The minimum Gasteiger partial charge on any atom is -0.503 e. The Morgan fingerprint density at radius 2 is 1.60 bits per heavy atom. The number of nitrogens with zero attached hydrogens (tertiary/aromatic N) is 8. The quantitative estimate of drug-likeness (QED) is 0.0800. The number of amides is 3. The first-order chi connectivity index (χ1) is 32.3. The number of carboxylic acid groups (broad SMARTS) is 1. The highest BCUT2D eigenvalue weighted by molar-refractivity contribution is 6.00. The number of imidazole rings is 1. The number of aromatic hydroxyl groups is 1. The summed E-state index contributed by atoms with van der Waals surface area (Å²) in [6, 6.07) is 5.70. The van der Waals surface area contributed by atoms with Crippen molar-refractivity contribution in [2.45, 2.75) is 81.8 Å². The van der Waals surface area contributed by atoms with Gasteiger partial charge in [-0.15, -0.1) is 0 Å². The number of imide groups is 1. The Bertz CT molecular complexity index is 2800. The number of piperidine rings is 1. The molecule has 3 aromatic heterocycles. The van der Waals surface area contributed by atoms with Gasteiger partial charge in [-0.25, -0.2) is 28.3 Å². The topological polar surface area (TPSA) is 231 Å². The molecular formula is C44H46F6N10O8. The Morgan fingerprint density at radius 1 is 0.941 bits per heavy atom. The molecule has 1 atom stereocenters. The lowest BCUT2D eigenvalue weighted by Crippen LogP contribution is -2.49. The second-order valence-electron chi connectivity index (χ2n) is 17.8. The van der Waals surface area contributed by atoms with E-state index in [0.717, 1.165) is 95.2 Å². The number of anilines is 1. The van der Waals surface area contributed by atoms with Gasteiger partial charge in [-0.2, -0.15) is 22.5 Å². The van der Waals surface area contributed by atoms with Crippen LogP contribution in [0.15, 0.2) is 46.0 Å². The number of aromatic nitrogens is 6. The Kier molecular flexibility index (Phi) is 13.1. The van der Waals surface area contributed by atoms with Crippen LogP contribution in [0.4, 0.5) is 32.3 Å². The first-order valence-corrected chi connectivity index (χ1v) is 21.9. The Morgan fingerprint density at radius 3 is 2.24 bits per heavy atom. The fourth-order valence-electron chi connectivity index (χ4n) is 9.60. The molecule has 68 heavy (non-hydrogen) atoms. The van der Waals surface area contributed by atoms with Crippen molar-refractivity contribution in [1.82, 2.24) is 44.8 Å². The smallest absolute Gasteiger partial charge is 0.490 e. The van der Waals surface area contributed by atoms with Crippen molar-refractivity contribution in [3.05, 3.63) is 81.5 Å². The molecule has 2 saturated heterocycles. The van der Waals surface area contributed by atoms with Crippen molar-refractivity contribution in [2.75, 3.05) is 44.2 Å². The SMILES string of the molecule is Cn1c(=O)n([C@@H]2CCC(=O)NC2=O)c2ccc(CCCN3CCN(c4ncc(-c5nc(C67CCC(CNC(=O)c8cc(F)c(O)c(F)c8F)(CC6)CC7)no5)cn4)CC3)cc21.O=C(O)C(F)(F)F. The molecule has 18 nitrogen and oxygen atoms in total. The van der Waals surface area contributed by atoms with E-state index in [0.29, 0.717) is 41.2 Å². The van der Waals surface area contributed by atoms with Crippen molar-refractivity contribution in [3.63, 3.8) is 0 Å². The average molecular weight is 957 g/mol. The lowest BCUT2D eigenvalue weighted by atomic mass is 9.53. The number of alkyl halides is 3. The molecule has 2 aliphatic heterocycles. The molecular weight excluding hydrogens is 911 g/mol. The normalized spacial score (nSPS) is 21.9. The van der Waals surface area contributed by atoms with E-state index >= 15 is 0 Å². The number of aryl methyl sites for hydroxylation is 2. The summed E-state index contributed by atoms with van der Waals surface area (Å²) in [5.41, 5.74) is 1.55. The van der Waals surface area contributed by atoms with Crippen LogP contribution in [0.1, 0.15) is 85.6 Å². The number of benzene rings is 2. The molecule has 0 spiro atoms. The molecule has 4 N–H and O–H groups in total. The van der Waals surface area contributed by atoms with Crippen LogP contribution in [0.5, 0.6) is 5.75 Å². The maximum Gasteiger partial charge on any atom is 0.490 e. The van der Waals surface area contributed by atoms with E-state index in [1.54, 1.807) is 24.0 Å². The number of aliphatic carboxylic acids is 1. The number of carbonyl (C=O) groups is 4. The fourth-order valence-corrected chi connectivity index (χ4v) is 9.60. The maximum atomic E-state index is 14.3. The average Bonchev–Trinajstić information content (AvgIpc) is 3.93. The number of fused-ring (bicyclic) bond motifs is 4. The van der Waals surface area contributed by atoms with Crippen LogP contribution >= 0.6 is 0 Å². The zero-order valence-corrected chi connectivity index (χ0v) is 36.5. The number of nitrogens with one attached hydrogen (secondary N) is 2. The first-order valence-electron chi connectivity index (χ1n) is 21.9. The minimum absolute atomic E-state index is 0.199. The second-order valence-corrected chi connectivity index (χ2v) is 17.8. The van der Waals surface area contributed by atoms with Crippen LogP contribution < -0.4 is 21.2 Å². The van der Waals surface area contributed by atoms with Gasteiger partial charge in [0.05, 0.1) is 22.2 Å².